The molecule has 1 fully saturated rings. The van der Waals surface area contributed by atoms with E-state index in [9.17, 15) is 14.4 Å². The molecule has 0 aromatic carbocycles. The Kier molecular flexibility index (Phi) is 3.65. The number of aliphatic carboxylic acids is 1. The van der Waals surface area contributed by atoms with Crippen molar-refractivity contribution in [3.63, 3.8) is 0 Å². The molecule has 0 bridgehead atoms. The van der Waals surface area contributed by atoms with Gasteiger partial charge >= 0.3 is 5.97 Å². The molecule has 1 atom stereocenters. The number of hydrogen-bond donors (Lipinski definition) is 2. The van der Waals surface area contributed by atoms with Gasteiger partial charge < -0.3 is 15.3 Å². The van der Waals surface area contributed by atoms with Crippen LogP contribution in [0.15, 0.2) is 0 Å². The van der Waals surface area contributed by atoms with Gasteiger partial charge in [-0.15, -0.1) is 0 Å². The Morgan fingerprint density at radius 3 is 2.80 bits per heavy atom. The molecule has 0 spiro atoms. The van der Waals surface area contributed by atoms with Crippen LogP contribution in [0, 0.1) is 0 Å². The predicted molar refractivity (Wildman–Crippen MR) is 51.1 cm³/mol. The summed E-state index contributed by atoms with van der Waals surface area (Å²) in [5, 5.41) is 11.1. The molecule has 0 saturated carbocycles. The fourth-order valence-corrected chi connectivity index (χ4v) is 1.64. The van der Waals surface area contributed by atoms with Crippen LogP contribution in [0.4, 0.5) is 0 Å². The van der Waals surface area contributed by atoms with E-state index in [0.29, 0.717) is 19.4 Å². The van der Waals surface area contributed by atoms with E-state index in [-0.39, 0.29) is 18.4 Å². The fraction of sp³-hybridized carbons (Fsp3) is 0.667. The summed E-state index contributed by atoms with van der Waals surface area (Å²) in [5.41, 5.74) is 0. The first-order valence-electron chi connectivity index (χ1n) is 4.78. The molecule has 1 saturated heterocycles. The number of amides is 2. The van der Waals surface area contributed by atoms with Crippen molar-refractivity contribution in [1.29, 1.82) is 0 Å². The molecule has 2 amide bonds. The Morgan fingerprint density at radius 2 is 2.27 bits per heavy atom. The van der Waals surface area contributed by atoms with Crippen molar-refractivity contribution in [2.75, 3.05) is 13.1 Å². The molecule has 0 aromatic rings. The van der Waals surface area contributed by atoms with Gasteiger partial charge in [-0.2, -0.15) is 0 Å². The van der Waals surface area contributed by atoms with Crippen molar-refractivity contribution in [3.05, 3.63) is 0 Å². The van der Waals surface area contributed by atoms with Crippen LogP contribution in [0.5, 0.6) is 0 Å². The number of carboxylic acids is 1. The Hall–Kier alpha value is -1.59. The van der Waals surface area contributed by atoms with Crippen molar-refractivity contribution in [2.24, 2.45) is 0 Å². The number of nitrogens with zero attached hydrogens (tertiary/aromatic N) is 1. The van der Waals surface area contributed by atoms with Gasteiger partial charge in [-0.25, -0.2) is 0 Å². The van der Waals surface area contributed by atoms with Crippen LogP contribution in [-0.2, 0) is 14.4 Å². The van der Waals surface area contributed by atoms with E-state index in [2.05, 4.69) is 5.32 Å². The summed E-state index contributed by atoms with van der Waals surface area (Å²) < 4.78 is 0. The molecule has 0 aliphatic carbocycles. The first kappa shape index (κ1) is 11.5. The number of carbonyl (C=O) groups is 3. The number of nitrogens with one attached hydrogen (secondary N) is 1. The Labute approximate surface area is 87.2 Å². The lowest BCUT2D eigenvalue weighted by Gasteiger charge is -2.31. The van der Waals surface area contributed by atoms with Gasteiger partial charge in [-0.3, -0.25) is 14.4 Å². The van der Waals surface area contributed by atoms with E-state index in [1.54, 1.807) is 0 Å². The third-order valence-electron chi connectivity index (χ3n) is 2.23. The highest BCUT2D eigenvalue weighted by Gasteiger charge is 2.29. The molecule has 15 heavy (non-hydrogen) atoms. The molecule has 6 nitrogen and oxygen atoms in total. The smallest absolute Gasteiger partial charge is 0.323 e. The van der Waals surface area contributed by atoms with E-state index in [0.717, 1.165) is 0 Å². The van der Waals surface area contributed by atoms with Gasteiger partial charge in [0.05, 0.1) is 0 Å². The minimum atomic E-state index is -1.04. The summed E-state index contributed by atoms with van der Waals surface area (Å²) in [7, 11) is 0. The SMILES string of the molecule is CC(=O)NC1CCCN(CC(=O)O)C1=O. The van der Waals surface area contributed by atoms with Crippen molar-refractivity contribution in [3.8, 4) is 0 Å². The highest BCUT2D eigenvalue weighted by Crippen LogP contribution is 2.11. The molecular weight excluding hydrogens is 200 g/mol. The maximum atomic E-state index is 11.6. The lowest BCUT2D eigenvalue weighted by Crippen LogP contribution is -2.53. The van der Waals surface area contributed by atoms with Crippen LogP contribution < -0.4 is 5.32 Å². The Balaban J connectivity index is 2.58. The largest absolute Gasteiger partial charge is 0.480 e. The second-order valence-electron chi connectivity index (χ2n) is 3.55. The van der Waals surface area contributed by atoms with Gasteiger partial charge in [0.15, 0.2) is 0 Å². The minimum absolute atomic E-state index is 0.273. The molecule has 1 unspecified atom stereocenters. The van der Waals surface area contributed by atoms with E-state index >= 15 is 0 Å². The normalized spacial score (nSPS) is 21.3. The number of carboxylic acid groups (broad SMARTS) is 1. The lowest BCUT2D eigenvalue weighted by molar-refractivity contribution is -0.147. The minimum Gasteiger partial charge on any atom is -0.480 e. The van der Waals surface area contributed by atoms with E-state index < -0.39 is 12.0 Å². The number of likely N-dealkylation sites (tertiary alicyclic amines) is 1. The molecule has 2 N–H and O–H groups in total. The van der Waals surface area contributed by atoms with E-state index in [4.69, 9.17) is 5.11 Å². The van der Waals surface area contributed by atoms with Crippen LogP contribution in [0.3, 0.4) is 0 Å². The third kappa shape index (κ3) is 3.23. The average Bonchev–Trinajstić information content (AvgIpc) is 2.10. The van der Waals surface area contributed by atoms with Crippen LogP contribution in [-0.4, -0.2) is 46.9 Å². The molecule has 1 heterocycles. The number of carbonyl (C=O) groups excluding carboxylic acids is 2. The van der Waals surface area contributed by atoms with E-state index in [1.165, 1.54) is 11.8 Å². The highest BCUT2D eigenvalue weighted by atomic mass is 16.4. The molecule has 6 heteroatoms. The van der Waals surface area contributed by atoms with Gasteiger partial charge in [0.1, 0.15) is 12.6 Å². The zero-order valence-corrected chi connectivity index (χ0v) is 8.52. The quantitative estimate of drug-likeness (QED) is 0.643. The molecule has 1 aliphatic heterocycles. The summed E-state index contributed by atoms with van der Waals surface area (Å²) in [6.45, 7) is 1.49. The van der Waals surface area contributed by atoms with Crippen LogP contribution in [0.25, 0.3) is 0 Å². The van der Waals surface area contributed by atoms with Crippen molar-refractivity contribution in [1.82, 2.24) is 10.2 Å². The van der Waals surface area contributed by atoms with Crippen molar-refractivity contribution >= 4 is 17.8 Å². The first-order valence-corrected chi connectivity index (χ1v) is 4.78. The summed E-state index contributed by atoms with van der Waals surface area (Å²) >= 11 is 0. The van der Waals surface area contributed by atoms with Gasteiger partial charge in [0.2, 0.25) is 11.8 Å². The van der Waals surface area contributed by atoms with Crippen molar-refractivity contribution in [2.45, 2.75) is 25.8 Å². The first-order chi connectivity index (χ1) is 7.00. The average molecular weight is 214 g/mol. The summed E-state index contributed by atoms with van der Waals surface area (Å²) in [4.78, 5) is 34.1. The summed E-state index contributed by atoms with van der Waals surface area (Å²) in [6, 6.07) is -0.560. The summed E-state index contributed by atoms with van der Waals surface area (Å²) in [6.07, 6.45) is 1.29. The molecular formula is C9H14N2O4. The molecule has 0 radical (unpaired) electrons. The zero-order valence-electron chi connectivity index (χ0n) is 8.52. The lowest BCUT2D eigenvalue weighted by atomic mass is 10.0. The van der Waals surface area contributed by atoms with Crippen LogP contribution in [0.1, 0.15) is 19.8 Å². The van der Waals surface area contributed by atoms with Gasteiger partial charge in [-0.1, -0.05) is 0 Å². The molecule has 0 aromatic heterocycles. The second-order valence-corrected chi connectivity index (χ2v) is 3.55. The van der Waals surface area contributed by atoms with Gasteiger partial charge in [-0.05, 0) is 12.8 Å². The Bertz CT molecular complexity index is 264. The zero-order chi connectivity index (χ0) is 11.4. The fourth-order valence-electron chi connectivity index (χ4n) is 1.64. The van der Waals surface area contributed by atoms with Crippen molar-refractivity contribution < 1.29 is 19.5 Å². The topological polar surface area (TPSA) is 86.7 Å². The van der Waals surface area contributed by atoms with Crippen LogP contribution >= 0.6 is 0 Å². The maximum absolute atomic E-state index is 11.6. The highest BCUT2D eigenvalue weighted by molar-refractivity contribution is 5.89. The summed E-state index contributed by atoms with van der Waals surface area (Å²) in [5.74, 6) is -1.61. The van der Waals surface area contributed by atoms with Gasteiger partial charge in [0, 0.05) is 13.5 Å². The number of hydrogen-bond acceptors (Lipinski definition) is 3. The molecule has 1 aliphatic rings. The van der Waals surface area contributed by atoms with Gasteiger partial charge in [0.25, 0.3) is 0 Å². The Morgan fingerprint density at radius 1 is 1.60 bits per heavy atom. The molecule has 84 valence electrons. The molecule has 1 rings (SSSR count). The number of rotatable bonds is 3. The van der Waals surface area contributed by atoms with E-state index in [1.807, 2.05) is 0 Å². The predicted octanol–water partition coefficient (Wildman–Crippen LogP) is -0.802. The monoisotopic (exact) mass is 214 g/mol. The van der Waals surface area contributed by atoms with Crippen LogP contribution in [0.2, 0.25) is 0 Å². The maximum Gasteiger partial charge on any atom is 0.323 e. The standard InChI is InChI=1S/C9H14N2O4/c1-6(12)10-7-3-2-4-11(9(7)15)5-8(13)14/h7H,2-5H2,1H3,(H,10,12)(H,13,14). The second kappa shape index (κ2) is 4.77. The third-order valence-corrected chi connectivity index (χ3v) is 2.23. The number of piperidine rings is 1.